The number of rotatable bonds is 6. The molecule has 24 heavy (non-hydrogen) atoms. The molecule has 1 aromatic rings. The molecule has 0 fully saturated rings. The van der Waals surface area contributed by atoms with Gasteiger partial charge in [-0.2, -0.15) is 0 Å². The van der Waals surface area contributed by atoms with Gasteiger partial charge in [-0.05, 0) is 46.6 Å². The molecule has 1 N–H and O–H groups in total. The summed E-state index contributed by atoms with van der Waals surface area (Å²) in [6, 6.07) is 3.88. The van der Waals surface area contributed by atoms with E-state index in [2.05, 4.69) is 41.5 Å². The average Bonchev–Trinajstić information content (AvgIpc) is 2.44. The number of aromatic hydroxyl groups is 1. The lowest BCUT2D eigenvalue weighted by Crippen LogP contribution is -2.18. The summed E-state index contributed by atoms with van der Waals surface area (Å²) in [4.78, 5) is 0. The molecule has 5 heteroatoms. The lowest BCUT2D eigenvalue weighted by molar-refractivity contribution is 0.205. The summed E-state index contributed by atoms with van der Waals surface area (Å²) in [6.07, 6.45) is 0.344. The van der Waals surface area contributed by atoms with E-state index in [9.17, 15) is 9.67 Å². The first-order valence-electron chi connectivity index (χ1n) is 8.59. The molecule has 0 saturated heterocycles. The van der Waals surface area contributed by atoms with E-state index in [1.54, 1.807) is 6.92 Å². The first-order chi connectivity index (χ1) is 10.8. The fourth-order valence-electron chi connectivity index (χ4n) is 2.51. The molecule has 1 rings (SSSR count). The molecule has 0 spiro atoms. The Balaban J connectivity index is 3.27. The second-order valence-corrected chi connectivity index (χ2v) is 10.5. The van der Waals surface area contributed by atoms with Crippen molar-refractivity contribution in [2.24, 2.45) is 0 Å². The molecular formula is C19H33O4P. The predicted octanol–water partition coefficient (Wildman–Crippen LogP) is 5.75. The van der Waals surface area contributed by atoms with Crippen molar-refractivity contribution in [1.29, 1.82) is 0 Å². The van der Waals surface area contributed by atoms with E-state index in [0.29, 0.717) is 18.5 Å². The van der Waals surface area contributed by atoms with Crippen molar-refractivity contribution in [3.05, 3.63) is 28.8 Å². The monoisotopic (exact) mass is 356 g/mol. The number of hydrogen-bond donors (Lipinski definition) is 1. The predicted molar refractivity (Wildman–Crippen MR) is 100 cm³/mol. The third-order valence-electron chi connectivity index (χ3n) is 3.93. The van der Waals surface area contributed by atoms with Gasteiger partial charge in [0.1, 0.15) is 5.75 Å². The quantitative estimate of drug-likeness (QED) is 0.659. The minimum absolute atomic E-state index is 0.200. The van der Waals surface area contributed by atoms with Crippen molar-refractivity contribution in [1.82, 2.24) is 0 Å². The molecular weight excluding hydrogens is 323 g/mol. The molecule has 1 aromatic carbocycles. The first kappa shape index (κ1) is 21.2. The molecule has 0 heterocycles. The second kappa shape index (κ2) is 7.59. The topological polar surface area (TPSA) is 55.8 Å². The van der Waals surface area contributed by atoms with Gasteiger partial charge in [-0.25, -0.2) is 0 Å². The number of benzene rings is 1. The Bertz CT molecular complexity index is 574. The lowest BCUT2D eigenvalue weighted by Gasteiger charge is -2.28. The van der Waals surface area contributed by atoms with Crippen LogP contribution in [0.3, 0.4) is 0 Å². The smallest absolute Gasteiger partial charge is 0.330 e. The van der Waals surface area contributed by atoms with Crippen molar-refractivity contribution in [3.8, 4) is 5.75 Å². The summed E-state index contributed by atoms with van der Waals surface area (Å²) < 4.78 is 23.4. The first-order valence-corrected chi connectivity index (χ1v) is 10.3. The number of phenols is 1. The Kier molecular flexibility index (Phi) is 6.71. The van der Waals surface area contributed by atoms with E-state index in [4.69, 9.17) is 9.05 Å². The molecule has 0 bridgehead atoms. The van der Waals surface area contributed by atoms with E-state index < -0.39 is 7.60 Å². The van der Waals surface area contributed by atoms with Crippen LogP contribution in [0.2, 0.25) is 0 Å². The molecule has 0 saturated carbocycles. The molecule has 4 nitrogen and oxygen atoms in total. The minimum Gasteiger partial charge on any atom is -0.507 e. The van der Waals surface area contributed by atoms with Gasteiger partial charge in [0.05, 0.1) is 13.2 Å². The van der Waals surface area contributed by atoms with Crippen molar-refractivity contribution in [3.63, 3.8) is 0 Å². The summed E-state index contributed by atoms with van der Waals surface area (Å²) in [5, 5.41) is 10.7. The number of phenolic OH excluding ortho intramolecular Hbond substituents is 1. The Labute approximate surface area is 147 Å². The molecule has 138 valence electrons. The molecule has 0 aliphatic rings. The van der Waals surface area contributed by atoms with Crippen LogP contribution < -0.4 is 0 Å². The van der Waals surface area contributed by atoms with Gasteiger partial charge < -0.3 is 14.2 Å². The molecule has 1 unspecified atom stereocenters. The van der Waals surface area contributed by atoms with Gasteiger partial charge >= 0.3 is 7.60 Å². The maximum absolute atomic E-state index is 12.5. The van der Waals surface area contributed by atoms with Crippen molar-refractivity contribution in [2.75, 3.05) is 12.8 Å². The molecule has 0 radical (unpaired) electrons. The van der Waals surface area contributed by atoms with E-state index >= 15 is 0 Å². The van der Waals surface area contributed by atoms with E-state index in [1.807, 2.05) is 19.1 Å². The Morgan fingerprint density at radius 2 is 1.42 bits per heavy atom. The summed E-state index contributed by atoms with van der Waals surface area (Å²) in [5.74, 6) is 0.335. The highest BCUT2D eigenvalue weighted by molar-refractivity contribution is 7.53. The van der Waals surface area contributed by atoms with Crippen LogP contribution in [0.5, 0.6) is 5.75 Å². The van der Waals surface area contributed by atoms with Gasteiger partial charge in [0, 0.05) is 6.16 Å². The zero-order valence-corrected chi connectivity index (χ0v) is 17.3. The SMILES string of the molecule is CCOP(=O)(CC)OCc1cc(C(C)(C)C)c(O)c(C(C)(C)C)c1. The van der Waals surface area contributed by atoms with Gasteiger partial charge in [0.15, 0.2) is 0 Å². The zero-order chi connectivity index (χ0) is 18.8. The van der Waals surface area contributed by atoms with Gasteiger partial charge in [-0.1, -0.05) is 48.5 Å². The molecule has 1 atom stereocenters. The molecule has 0 aliphatic heterocycles. The zero-order valence-electron chi connectivity index (χ0n) is 16.4. The van der Waals surface area contributed by atoms with Gasteiger partial charge in [0.2, 0.25) is 0 Å². The third kappa shape index (κ3) is 5.34. The van der Waals surface area contributed by atoms with Crippen molar-refractivity contribution < 1.29 is 18.7 Å². The standard InChI is InChI=1S/C19H33O4P/c1-9-22-24(21,10-2)23-13-14-11-15(18(3,4)5)17(20)16(12-14)19(6,7)8/h11-12,20H,9-10,13H2,1-8H3. The van der Waals surface area contributed by atoms with Gasteiger partial charge in [0.25, 0.3) is 0 Å². The summed E-state index contributed by atoms with van der Waals surface area (Å²) >= 11 is 0. The van der Waals surface area contributed by atoms with Crippen LogP contribution in [-0.4, -0.2) is 17.9 Å². The highest BCUT2D eigenvalue weighted by atomic mass is 31.2. The Morgan fingerprint density at radius 3 is 1.75 bits per heavy atom. The molecule has 0 amide bonds. The van der Waals surface area contributed by atoms with Gasteiger partial charge in [-0.3, -0.25) is 4.57 Å². The van der Waals surface area contributed by atoms with E-state index in [-0.39, 0.29) is 17.4 Å². The van der Waals surface area contributed by atoms with Crippen molar-refractivity contribution >= 4 is 7.60 Å². The minimum atomic E-state index is -3.05. The largest absolute Gasteiger partial charge is 0.507 e. The van der Waals surface area contributed by atoms with Crippen LogP contribution in [0.15, 0.2) is 12.1 Å². The summed E-state index contributed by atoms with van der Waals surface area (Å²) in [5.41, 5.74) is 2.24. The average molecular weight is 356 g/mol. The third-order valence-corrected chi connectivity index (χ3v) is 5.88. The molecule has 0 aliphatic carbocycles. The second-order valence-electron chi connectivity index (χ2n) is 8.16. The highest BCUT2D eigenvalue weighted by Gasteiger charge is 2.27. The lowest BCUT2D eigenvalue weighted by atomic mass is 9.78. The van der Waals surface area contributed by atoms with Crippen LogP contribution in [0.25, 0.3) is 0 Å². The normalized spacial score (nSPS) is 15.3. The van der Waals surface area contributed by atoms with Crippen LogP contribution in [0.1, 0.15) is 72.1 Å². The van der Waals surface area contributed by atoms with Crippen LogP contribution in [-0.2, 0) is 31.0 Å². The van der Waals surface area contributed by atoms with Crippen molar-refractivity contribution in [2.45, 2.75) is 72.8 Å². The fraction of sp³-hybridized carbons (Fsp3) is 0.684. The number of hydrogen-bond acceptors (Lipinski definition) is 4. The summed E-state index contributed by atoms with van der Waals surface area (Å²) in [7, 11) is -3.05. The van der Waals surface area contributed by atoms with E-state index in [0.717, 1.165) is 16.7 Å². The van der Waals surface area contributed by atoms with Gasteiger partial charge in [-0.15, -0.1) is 0 Å². The Morgan fingerprint density at radius 1 is 0.958 bits per heavy atom. The maximum Gasteiger partial charge on any atom is 0.330 e. The fourth-order valence-corrected chi connectivity index (χ4v) is 3.69. The summed E-state index contributed by atoms with van der Waals surface area (Å²) in [6.45, 7) is 16.6. The van der Waals surface area contributed by atoms with Crippen LogP contribution in [0.4, 0.5) is 0 Å². The van der Waals surface area contributed by atoms with Crippen LogP contribution >= 0.6 is 7.60 Å². The Hall–Kier alpha value is -0.830. The highest BCUT2D eigenvalue weighted by Crippen LogP contribution is 2.49. The van der Waals surface area contributed by atoms with E-state index in [1.165, 1.54) is 0 Å². The molecule has 0 aromatic heterocycles. The van der Waals surface area contributed by atoms with Crippen LogP contribution in [0, 0.1) is 0 Å². The maximum atomic E-state index is 12.5.